The van der Waals surface area contributed by atoms with Gasteiger partial charge in [-0.3, -0.25) is 4.98 Å². The van der Waals surface area contributed by atoms with Crippen molar-refractivity contribution in [3.05, 3.63) is 72.9 Å². The largest absolute Gasteiger partial charge is 0.492 e. The Labute approximate surface area is 155 Å². The number of aromatic nitrogens is 1. The molecular formula is C23H24N2O. The van der Waals surface area contributed by atoms with E-state index in [0.29, 0.717) is 5.92 Å². The van der Waals surface area contributed by atoms with Crippen molar-refractivity contribution in [2.45, 2.75) is 12.8 Å². The Morgan fingerprint density at radius 3 is 2.23 bits per heavy atom. The topological polar surface area (TPSA) is 34.1 Å². The Kier molecular flexibility index (Phi) is 5.27. The van der Waals surface area contributed by atoms with Gasteiger partial charge in [0.15, 0.2) is 0 Å². The second-order valence-corrected chi connectivity index (χ2v) is 6.80. The van der Waals surface area contributed by atoms with Crippen LogP contribution in [-0.4, -0.2) is 24.7 Å². The Hall–Kier alpha value is -2.65. The molecular weight excluding hydrogens is 320 g/mol. The summed E-state index contributed by atoms with van der Waals surface area (Å²) in [5.41, 5.74) is 4.38. The maximum absolute atomic E-state index is 6.11. The van der Waals surface area contributed by atoms with Crippen molar-refractivity contribution in [1.29, 1.82) is 0 Å². The molecule has 0 radical (unpaired) electrons. The molecule has 3 aromatic rings. The lowest BCUT2D eigenvalue weighted by Gasteiger charge is -2.22. The van der Waals surface area contributed by atoms with E-state index in [1.165, 1.54) is 12.8 Å². The molecule has 1 aromatic heterocycles. The molecule has 2 heterocycles. The van der Waals surface area contributed by atoms with Crippen LogP contribution < -0.4 is 10.1 Å². The van der Waals surface area contributed by atoms with Crippen LogP contribution in [0.25, 0.3) is 22.4 Å². The zero-order valence-electron chi connectivity index (χ0n) is 14.9. The summed E-state index contributed by atoms with van der Waals surface area (Å²) in [6.45, 7) is 2.95. The number of nitrogens with one attached hydrogen (secondary N) is 1. The summed E-state index contributed by atoms with van der Waals surface area (Å²) in [7, 11) is 0. The monoisotopic (exact) mass is 344 g/mol. The highest BCUT2D eigenvalue weighted by Crippen LogP contribution is 2.33. The molecule has 0 bridgehead atoms. The quantitative estimate of drug-likeness (QED) is 0.722. The maximum atomic E-state index is 6.11. The summed E-state index contributed by atoms with van der Waals surface area (Å²) >= 11 is 0. The molecule has 2 aromatic carbocycles. The SMILES string of the molecule is c1ccc(-c2cc(OCC3CCNCC3)cnc2-c2ccccc2)cc1. The average molecular weight is 344 g/mol. The Morgan fingerprint density at radius 1 is 0.885 bits per heavy atom. The molecule has 0 amide bonds. The predicted octanol–water partition coefficient (Wildman–Crippen LogP) is 4.79. The van der Waals surface area contributed by atoms with E-state index in [2.05, 4.69) is 47.8 Å². The fourth-order valence-electron chi connectivity index (χ4n) is 3.45. The van der Waals surface area contributed by atoms with Crippen LogP contribution in [0.5, 0.6) is 5.75 Å². The van der Waals surface area contributed by atoms with Gasteiger partial charge in [0.05, 0.1) is 18.5 Å². The van der Waals surface area contributed by atoms with Gasteiger partial charge in [0, 0.05) is 11.1 Å². The Balaban J connectivity index is 1.63. The Bertz CT molecular complexity index is 827. The number of hydrogen-bond acceptors (Lipinski definition) is 3. The van der Waals surface area contributed by atoms with Crippen molar-refractivity contribution < 1.29 is 4.74 Å². The first-order valence-corrected chi connectivity index (χ1v) is 9.34. The minimum atomic E-state index is 0.630. The van der Waals surface area contributed by atoms with E-state index in [4.69, 9.17) is 9.72 Å². The number of nitrogens with zero attached hydrogens (tertiary/aromatic N) is 1. The van der Waals surface area contributed by atoms with Crippen LogP contribution in [0.3, 0.4) is 0 Å². The smallest absolute Gasteiger partial charge is 0.138 e. The van der Waals surface area contributed by atoms with Crippen molar-refractivity contribution in [2.75, 3.05) is 19.7 Å². The Morgan fingerprint density at radius 2 is 1.54 bits per heavy atom. The first kappa shape index (κ1) is 16.8. The maximum Gasteiger partial charge on any atom is 0.138 e. The van der Waals surface area contributed by atoms with Crippen LogP contribution in [0.2, 0.25) is 0 Å². The lowest BCUT2D eigenvalue weighted by Crippen LogP contribution is -2.30. The number of ether oxygens (including phenoxy) is 1. The zero-order chi connectivity index (χ0) is 17.6. The zero-order valence-corrected chi connectivity index (χ0v) is 14.9. The minimum Gasteiger partial charge on any atom is -0.492 e. The molecule has 0 spiro atoms. The number of piperidine rings is 1. The molecule has 3 nitrogen and oxygen atoms in total. The molecule has 1 saturated heterocycles. The van der Waals surface area contributed by atoms with Crippen molar-refractivity contribution in [3.63, 3.8) is 0 Å². The summed E-state index contributed by atoms with van der Waals surface area (Å²) in [6, 6.07) is 22.9. The van der Waals surface area contributed by atoms with Gasteiger partial charge in [0.2, 0.25) is 0 Å². The highest BCUT2D eigenvalue weighted by Gasteiger charge is 2.15. The van der Waals surface area contributed by atoms with E-state index in [1.807, 2.05) is 30.5 Å². The van der Waals surface area contributed by atoms with Crippen molar-refractivity contribution in [3.8, 4) is 28.1 Å². The van der Waals surface area contributed by atoms with E-state index >= 15 is 0 Å². The number of hydrogen-bond donors (Lipinski definition) is 1. The summed E-state index contributed by atoms with van der Waals surface area (Å²) in [4.78, 5) is 4.75. The molecule has 3 heteroatoms. The number of rotatable bonds is 5. The number of benzene rings is 2. The van der Waals surface area contributed by atoms with Crippen LogP contribution in [0, 0.1) is 5.92 Å². The first-order chi connectivity index (χ1) is 12.9. The van der Waals surface area contributed by atoms with Gasteiger partial charge in [-0.1, -0.05) is 60.7 Å². The van der Waals surface area contributed by atoms with Gasteiger partial charge in [-0.05, 0) is 43.5 Å². The van der Waals surface area contributed by atoms with Crippen molar-refractivity contribution in [2.24, 2.45) is 5.92 Å². The lowest BCUT2D eigenvalue weighted by atomic mass is 9.98. The summed E-state index contributed by atoms with van der Waals surface area (Å²) in [5.74, 6) is 1.48. The van der Waals surface area contributed by atoms with Crippen LogP contribution in [0.4, 0.5) is 0 Å². The summed E-state index contributed by atoms with van der Waals surface area (Å²) in [6.07, 6.45) is 4.22. The average Bonchev–Trinajstić information content (AvgIpc) is 2.74. The molecule has 1 aliphatic rings. The third kappa shape index (κ3) is 3.94. The van der Waals surface area contributed by atoms with Crippen LogP contribution in [-0.2, 0) is 0 Å². The second-order valence-electron chi connectivity index (χ2n) is 6.80. The van der Waals surface area contributed by atoms with Crippen LogP contribution >= 0.6 is 0 Å². The highest BCUT2D eigenvalue weighted by atomic mass is 16.5. The second kappa shape index (κ2) is 8.15. The van der Waals surface area contributed by atoms with E-state index in [0.717, 1.165) is 47.8 Å². The normalized spacial score (nSPS) is 14.9. The van der Waals surface area contributed by atoms with Gasteiger partial charge < -0.3 is 10.1 Å². The third-order valence-corrected chi connectivity index (χ3v) is 4.94. The van der Waals surface area contributed by atoms with Gasteiger partial charge in [-0.15, -0.1) is 0 Å². The van der Waals surface area contributed by atoms with Crippen LogP contribution in [0.1, 0.15) is 12.8 Å². The van der Waals surface area contributed by atoms with Gasteiger partial charge in [-0.2, -0.15) is 0 Å². The molecule has 0 saturated carbocycles. The first-order valence-electron chi connectivity index (χ1n) is 9.34. The fraction of sp³-hybridized carbons (Fsp3) is 0.261. The molecule has 0 unspecified atom stereocenters. The number of pyridine rings is 1. The lowest BCUT2D eigenvalue weighted by molar-refractivity contribution is 0.215. The van der Waals surface area contributed by atoms with E-state index in [1.54, 1.807) is 0 Å². The van der Waals surface area contributed by atoms with Gasteiger partial charge in [0.25, 0.3) is 0 Å². The van der Waals surface area contributed by atoms with E-state index < -0.39 is 0 Å². The highest BCUT2D eigenvalue weighted by molar-refractivity contribution is 5.81. The summed E-state index contributed by atoms with van der Waals surface area (Å²) < 4.78 is 6.11. The molecule has 1 N–H and O–H groups in total. The fourth-order valence-corrected chi connectivity index (χ4v) is 3.45. The molecule has 1 aliphatic heterocycles. The minimum absolute atomic E-state index is 0.630. The summed E-state index contributed by atoms with van der Waals surface area (Å²) in [5, 5.41) is 3.40. The van der Waals surface area contributed by atoms with E-state index in [9.17, 15) is 0 Å². The van der Waals surface area contributed by atoms with Crippen molar-refractivity contribution in [1.82, 2.24) is 10.3 Å². The predicted molar refractivity (Wildman–Crippen MR) is 106 cm³/mol. The molecule has 26 heavy (non-hydrogen) atoms. The standard InChI is InChI=1S/C23H24N2O/c1-3-7-19(8-4-1)22-15-21(26-17-18-11-13-24-14-12-18)16-25-23(22)20-9-5-2-6-10-20/h1-10,15-16,18,24H,11-14,17H2. The molecule has 4 rings (SSSR count). The molecule has 132 valence electrons. The third-order valence-electron chi connectivity index (χ3n) is 4.94. The molecule has 0 aliphatic carbocycles. The van der Waals surface area contributed by atoms with Gasteiger partial charge >= 0.3 is 0 Å². The molecule has 1 fully saturated rings. The van der Waals surface area contributed by atoms with Gasteiger partial charge in [-0.25, -0.2) is 0 Å². The van der Waals surface area contributed by atoms with Crippen molar-refractivity contribution >= 4 is 0 Å². The molecule has 0 atom stereocenters. The van der Waals surface area contributed by atoms with Gasteiger partial charge in [0.1, 0.15) is 5.75 Å². The van der Waals surface area contributed by atoms with Crippen LogP contribution in [0.15, 0.2) is 72.9 Å². The van der Waals surface area contributed by atoms with E-state index in [-0.39, 0.29) is 0 Å².